The van der Waals surface area contributed by atoms with Crippen molar-refractivity contribution in [2.75, 3.05) is 0 Å². The van der Waals surface area contributed by atoms with E-state index in [2.05, 4.69) is 65.2 Å². The number of nitrogens with zero attached hydrogens (tertiary/aromatic N) is 10. The van der Waals surface area contributed by atoms with Gasteiger partial charge in [0.2, 0.25) is 0 Å². The first kappa shape index (κ1) is 44.2. The Bertz CT molecular complexity index is 3970. The second-order valence-corrected chi connectivity index (χ2v) is 17.2. The predicted octanol–water partition coefficient (Wildman–Crippen LogP) is 13.9. The van der Waals surface area contributed by atoms with Crippen molar-refractivity contribution in [1.82, 2.24) is 19.5 Å². The summed E-state index contributed by atoms with van der Waals surface area (Å²) in [4.78, 5) is 15.3. The Kier molecular flexibility index (Phi) is 11.3. The van der Waals surface area contributed by atoms with E-state index in [-0.39, 0.29) is 0 Å². The van der Waals surface area contributed by atoms with Crippen molar-refractivity contribution in [2.24, 2.45) is 0 Å². The highest BCUT2D eigenvalue weighted by molar-refractivity contribution is 6.13. The number of benzene rings is 9. The van der Waals surface area contributed by atoms with Gasteiger partial charge in [-0.1, -0.05) is 97.1 Å². The minimum Gasteiger partial charge on any atom is -0.308 e. The third-order valence-electron chi connectivity index (χ3n) is 12.8. The van der Waals surface area contributed by atoms with Crippen LogP contribution < -0.4 is 0 Å². The van der Waals surface area contributed by atoms with Crippen molar-refractivity contribution in [3.05, 3.63) is 228 Å². The number of rotatable bonds is 8. The van der Waals surface area contributed by atoms with Gasteiger partial charge >= 0.3 is 0 Å². The fourth-order valence-corrected chi connectivity index (χ4v) is 9.30. The molecule has 2 aromatic heterocycles. The summed E-state index contributed by atoms with van der Waals surface area (Å²) in [6.07, 6.45) is 0. The molecule has 0 unspecified atom stereocenters. The summed E-state index contributed by atoms with van der Waals surface area (Å²) in [7, 11) is 0. The van der Waals surface area contributed by atoms with Crippen LogP contribution in [0.2, 0.25) is 0 Å². The first-order valence-corrected chi connectivity index (χ1v) is 22.9. The molecule has 11 aromatic rings. The van der Waals surface area contributed by atoms with Gasteiger partial charge in [-0.3, -0.25) is 0 Å². The van der Waals surface area contributed by atoms with Crippen LogP contribution in [0, 0.1) is 68.0 Å². The van der Waals surface area contributed by atoms with E-state index in [9.17, 15) is 31.6 Å². The monoisotopic (exact) mass is 928 g/mol. The number of aromatic nitrogens is 4. The zero-order chi connectivity index (χ0) is 50.0. The first-order chi connectivity index (χ1) is 35.8. The van der Waals surface area contributed by atoms with Gasteiger partial charge in [0.15, 0.2) is 17.5 Å². The van der Waals surface area contributed by atoms with Crippen LogP contribution in [0.15, 0.2) is 194 Å². The molecule has 73 heavy (non-hydrogen) atoms. The number of hydrogen-bond acceptors (Lipinski definition) is 9. The van der Waals surface area contributed by atoms with Crippen molar-refractivity contribution in [1.29, 1.82) is 31.6 Å². The van der Waals surface area contributed by atoms with E-state index in [4.69, 9.17) is 15.0 Å². The molecular formula is C63H32N10. The van der Waals surface area contributed by atoms with Crippen LogP contribution in [-0.4, -0.2) is 19.5 Å². The standard InChI is InChI=1S/C63H32N10/c64-33-39-11-15-45(16-12-39)54-31-53(63-71-61(47-7-3-1-4-8-47)70-62(72-63)48-9-5-2-6-10-48)32-55(46-17-13-40(34-65)14-18-46)60(54)73-58-21-19-49(51-25-41(35-66)23-42(26-51)36-67)29-56(58)57-30-50(20-22-59(57)73)52-27-43(37-68)24-44(28-52)38-69/h1-32H. The SMILES string of the molecule is N#Cc1ccc(-c2cc(-c3nc(-c4ccccc4)nc(-c4ccccc4)n3)cc(-c3ccc(C#N)cc3)c2-n2c3ccc(-c4cc(C#N)cc(C#N)c4)cc3c3cc(-c4cc(C#N)cc(C#N)c4)ccc32)cc1. The van der Waals surface area contributed by atoms with Crippen LogP contribution in [-0.2, 0) is 0 Å². The lowest BCUT2D eigenvalue weighted by Crippen LogP contribution is -2.04. The summed E-state index contributed by atoms with van der Waals surface area (Å²) in [6.45, 7) is 0. The van der Waals surface area contributed by atoms with Gasteiger partial charge in [0.25, 0.3) is 0 Å². The third kappa shape index (κ3) is 8.31. The average molecular weight is 929 g/mol. The van der Waals surface area contributed by atoms with Crippen LogP contribution in [0.3, 0.4) is 0 Å². The van der Waals surface area contributed by atoms with Crippen molar-refractivity contribution in [2.45, 2.75) is 0 Å². The topological polar surface area (TPSA) is 186 Å². The zero-order valence-corrected chi connectivity index (χ0v) is 38.4. The molecule has 9 aromatic carbocycles. The molecule has 0 saturated carbocycles. The Morgan fingerprint density at radius 3 is 0.973 bits per heavy atom. The van der Waals surface area contributed by atoms with E-state index in [0.717, 1.165) is 72.0 Å². The number of hydrogen-bond donors (Lipinski definition) is 0. The Morgan fingerprint density at radius 1 is 0.274 bits per heavy atom. The van der Waals surface area contributed by atoms with Crippen molar-refractivity contribution in [3.8, 4) is 121 Å². The molecule has 0 radical (unpaired) electrons. The fourth-order valence-electron chi connectivity index (χ4n) is 9.30. The largest absolute Gasteiger partial charge is 0.308 e. The van der Waals surface area contributed by atoms with Crippen LogP contribution in [0.4, 0.5) is 0 Å². The molecule has 0 aliphatic carbocycles. The minimum absolute atomic E-state index is 0.355. The third-order valence-corrected chi connectivity index (χ3v) is 12.8. The maximum absolute atomic E-state index is 9.97. The molecule has 11 rings (SSSR count). The van der Waals surface area contributed by atoms with Gasteiger partial charge in [-0.15, -0.1) is 0 Å². The summed E-state index contributed by atoms with van der Waals surface area (Å²) < 4.78 is 2.21. The molecule has 0 fully saturated rings. The highest BCUT2D eigenvalue weighted by Gasteiger charge is 2.24. The van der Waals surface area contributed by atoms with Gasteiger partial charge < -0.3 is 4.57 Å². The second-order valence-electron chi connectivity index (χ2n) is 17.2. The van der Waals surface area contributed by atoms with Gasteiger partial charge in [0.1, 0.15) is 0 Å². The normalized spacial score (nSPS) is 10.7. The molecule has 10 nitrogen and oxygen atoms in total. The summed E-state index contributed by atoms with van der Waals surface area (Å²) >= 11 is 0. The van der Waals surface area contributed by atoms with Gasteiger partial charge in [-0.2, -0.15) is 31.6 Å². The van der Waals surface area contributed by atoms with Crippen molar-refractivity contribution < 1.29 is 0 Å². The number of fused-ring (bicyclic) bond motifs is 3. The Balaban J connectivity index is 1.26. The van der Waals surface area contributed by atoms with Crippen LogP contribution >= 0.6 is 0 Å². The lowest BCUT2D eigenvalue weighted by Gasteiger charge is -2.21. The number of nitriles is 6. The molecule has 0 aliphatic heterocycles. The quantitative estimate of drug-likeness (QED) is 0.143. The molecule has 0 N–H and O–H groups in total. The molecule has 0 spiro atoms. The summed E-state index contributed by atoms with van der Waals surface area (Å²) in [5.41, 5.74) is 13.2. The lowest BCUT2D eigenvalue weighted by molar-refractivity contribution is 1.07. The first-order valence-electron chi connectivity index (χ1n) is 22.9. The highest BCUT2D eigenvalue weighted by atomic mass is 15.0. The van der Waals surface area contributed by atoms with Gasteiger partial charge in [0.05, 0.1) is 86.5 Å². The second kappa shape index (κ2) is 18.7. The molecular weight excluding hydrogens is 897 g/mol. The zero-order valence-electron chi connectivity index (χ0n) is 38.4. The molecule has 0 amide bonds. The van der Waals surface area contributed by atoms with E-state index in [1.165, 1.54) is 0 Å². The molecule has 0 aliphatic rings. The fraction of sp³-hybridized carbons (Fsp3) is 0. The molecule has 0 atom stereocenters. The predicted molar refractivity (Wildman–Crippen MR) is 281 cm³/mol. The maximum atomic E-state index is 9.97. The van der Waals surface area contributed by atoms with Crippen LogP contribution in [0.25, 0.3) is 106 Å². The van der Waals surface area contributed by atoms with E-state index >= 15 is 0 Å². The van der Waals surface area contributed by atoms with E-state index in [1.807, 2.05) is 109 Å². The average Bonchev–Trinajstić information content (AvgIpc) is 3.79. The van der Waals surface area contributed by atoms with E-state index in [0.29, 0.717) is 67.5 Å². The van der Waals surface area contributed by atoms with Crippen LogP contribution in [0.5, 0.6) is 0 Å². The summed E-state index contributed by atoms with van der Waals surface area (Å²) in [6, 6.07) is 74.1. The van der Waals surface area contributed by atoms with E-state index in [1.54, 1.807) is 60.7 Å². The molecule has 0 bridgehead atoms. The Morgan fingerprint density at radius 2 is 0.616 bits per heavy atom. The smallest absolute Gasteiger partial charge is 0.164 e. The molecule has 2 heterocycles. The maximum Gasteiger partial charge on any atom is 0.164 e. The lowest BCUT2D eigenvalue weighted by atomic mass is 9.91. The van der Waals surface area contributed by atoms with Gasteiger partial charge in [-0.25, -0.2) is 15.0 Å². The van der Waals surface area contributed by atoms with Crippen LogP contribution in [0.1, 0.15) is 33.4 Å². The summed E-state index contributed by atoms with van der Waals surface area (Å²) in [5.74, 6) is 1.41. The van der Waals surface area contributed by atoms with Crippen molar-refractivity contribution >= 4 is 21.8 Å². The Labute approximate surface area is 419 Å². The van der Waals surface area contributed by atoms with Gasteiger partial charge in [0, 0.05) is 38.6 Å². The highest BCUT2D eigenvalue weighted by Crippen LogP contribution is 2.45. The Hall–Kier alpha value is -11.3. The minimum atomic E-state index is 0.355. The molecule has 0 saturated heterocycles. The van der Waals surface area contributed by atoms with Gasteiger partial charge in [-0.05, 0) is 130 Å². The van der Waals surface area contributed by atoms with Crippen molar-refractivity contribution in [3.63, 3.8) is 0 Å². The van der Waals surface area contributed by atoms with E-state index < -0.39 is 0 Å². The summed E-state index contributed by atoms with van der Waals surface area (Å²) in [5, 5.41) is 61.5. The molecule has 10 heteroatoms. The molecule has 334 valence electrons.